The van der Waals surface area contributed by atoms with Gasteiger partial charge in [-0.3, -0.25) is 29.2 Å². The van der Waals surface area contributed by atoms with Crippen molar-refractivity contribution < 1.29 is 29.5 Å². The maximum atomic E-state index is 14.4. The highest BCUT2D eigenvalue weighted by atomic mass is 16.6. The monoisotopic (exact) mass is 682 g/mol. The summed E-state index contributed by atoms with van der Waals surface area (Å²) in [4.78, 5) is 48.8. The molecule has 2 aromatic heterocycles. The highest BCUT2D eigenvalue weighted by Crippen LogP contribution is 2.27. The number of carbonyl (C=O) groups is 2. The van der Waals surface area contributed by atoms with Crippen molar-refractivity contribution in [1.82, 2.24) is 20.9 Å². The highest BCUT2D eigenvalue weighted by Gasteiger charge is 2.43. The molecule has 0 aliphatic carbocycles. The predicted molar refractivity (Wildman–Crippen MR) is 191 cm³/mol. The van der Waals surface area contributed by atoms with E-state index in [1.165, 1.54) is 0 Å². The topological polar surface area (TPSA) is 143 Å². The van der Waals surface area contributed by atoms with Crippen LogP contribution in [0.4, 0.5) is 0 Å². The first kappa shape index (κ1) is 38.6. The number of carbonyl (C=O) groups excluding carboxylic acids is 2. The summed E-state index contributed by atoms with van der Waals surface area (Å²) < 4.78 is 0. The number of aromatic nitrogens is 2. The van der Waals surface area contributed by atoms with Crippen LogP contribution in [0.3, 0.4) is 0 Å². The first-order valence-electron chi connectivity index (χ1n) is 17.2. The molecular weight excluding hydrogens is 632 g/mol. The van der Waals surface area contributed by atoms with E-state index in [1.54, 1.807) is 12.4 Å². The maximum absolute atomic E-state index is 14.4. The maximum Gasteiger partial charge on any atom is 0.158 e. The molecule has 0 bridgehead atoms. The molecule has 0 unspecified atom stereocenters. The summed E-state index contributed by atoms with van der Waals surface area (Å²) in [5.74, 6) is -3.24. The van der Waals surface area contributed by atoms with E-state index in [0.29, 0.717) is 11.4 Å². The number of hydrogen-bond acceptors (Lipinski definition) is 10. The van der Waals surface area contributed by atoms with E-state index >= 15 is 0 Å². The number of benzene rings is 2. The lowest BCUT2D eigenvalue weighted by atomic mass is 9.76. The predicted octanol–water partition coefficient (Wildman–Crippen LogP) is 4.85. The Hall–Kier alpha value is -4.16. The molecule has 10 nitrogen and oxygen atoms in total. The molecular formula is C40H50N4O6. The van der Waals surface area contributed by atoms with E-state index in [2.05, 4.69) is 20.9 Å². The van der Waals surface area contributed by atoms with E-state index in [1.807, 2.05) is 125 Å². The van der Waals surface area contributed by atoms with Crippen molar-refractivity contribution in [1.29, 1.82) is 0 Å². The lowest BCUT2D eigenvalue weighted by Gasteiger charge is -2.35. The van der Waals surface area contributed by atoms with Crippen molar-refractivity contribution in [3.05, 3.63) is 132 Å². The number of Topliss-reactive ketones (excluding diaryl/α,β-unsaturated/α-hetero) is 2. The molecule has 0 radical (unpaired) electrons. The fraction of sp³-hybridized carbons (Fsp3) is 0.400. The molecule has 50 heavy (non-hydrogen) atoms. The lowest BCUT2D eigenvalue weighted by molar-refractivity contribution is -0.147. The smallest absolute Gasteiger partial charge is 0.158 e. The molecule has 2 aromatic carbocycles. The van der Waals surface area contributed by atoms with Crippen molar-refractivity contribution in [2.75, 3.05) is 0 Å². The molecule has 4 N–H and O–H groups in total. The number of aliphatic hydroxyl groups excluding tert-OH is 2. The molecule has 0 fully saturated rings. The van der Waals surface area contributed by atoms with Crippen LogP contribution >= 0.6 is 0 Å². The molecule has 4 rings (SSSR count). The second-order valence-corrected chi connectivity index (χ2v) is 13.3. The summed E-state index contributed by atoms with van der Waals surface area (Å²) in [6, 6.07) is 28.0. The third kappa shape index (κ3) is 11.4. The summed E-state index contributed by atoms with van der Waals surface area (Å²) in [6.45, 7) is 7.79. The van der Waals surface area contributed by atoms with Gasteiger partial charge in [0.25, 0.3) is 0 Å². The minimum atomic E-state index is -1.58. The molecule has 0 saturated carbocycles. The lowest BCUT2D eigenvalue weighted by Crippen LogP contribution is -2.54. The average Bonchev–Trinajstić information content (AvgIpc) is 3.13. The van der Waals surface area contributed by atoms with Crippen molar-refractivity contribution in [2.24, 2.45) is 23.7 Å². The summed E-state index contributed by atoms with van der Waals surface area (Å²) in [7, 11) is 0. The number of ketones is 2. The Balaban J connectivity index is 1.61. The minimum absolute atomic E-state index is 0.130. The van der Waals surface area contributed by atoms with Gasteiger partial charge in [-0.05, 0) is 60.1 Å². The average molecular weight is 683 g/mol. The number of nitrogens with zero attached hydrogens (tertiary/aromatic N) is 2. The number of hydrogen-bond donors (Lipinski definition) is 4. The zero-order valence-corrected chi connectivity index (χ0v) is 29.3. The van der Waals surface area contributed by atoms with Gasteiger partial charge >= 0.3 is 0 Å². The Bertz CT molecular complexity index is 1440. The van der Waals surface area contributed by atoms with E-state index in [-0.39, 0.29) is 49.5 Å². The van der Waals surface area contributed by atoms with E-state index in [9.17, 15) is 19.8 Å². The van der Waals surface area contributed by atoms with E-state index in [4.69, 9.17) is 9.68 Å². The van der Waals surface area contributed by atoms with Gasteiger partial charge in [0.1, 0.15) is 13.2 Å². The molecule has 0 spiro atoms. The molecule has 4 aromatic rings. The van der Waals surface area contributed by atoms with Crippen molar-refractivity contribution in [2.45, 2.75) is 78.0 Å². The zero-order chi connectivity index (χ0) is 35.9. The van der Waals surface area contributed by atoms with Crippen LogP contribution in [0, 0.1) is 23.7 Å². The van der Waals surface area contributed by atoms with E-state index < -0.39 is 36.1 Å². The molecule has 0 aliphatic heterocycles. The van der Waals surface area contributed by atoms with Crippen LogP contribution in [0.25, 0.3) is 0 Å². The van der Waals surface area contributed by atoms with Crippen LogP contribution < -0.4 is 11.0 Å². The number of rotatable bonds is 21. The first-order chi connectivity index (χ1) is 24.2. The highest BCUT2D eigenvalue weighted by molar-refractivity contribution is 5.89. The third-order valence-corrected chi connectivity index (χ3v) is 8.76. The van der Waals surface area contributed by atoms with Crippen LogP contribution in [0.1, 0.15) is 50.2 Å². The van der Waals surface area contributed by atoms with Gasteiger partial charge < -0.3 is 10.2 Å². The fourth-order valence-electron chi connectivity index (χ4n) is 5.88. The molecule has 0 amide bonds. The Kier molecular flexibility index (Phi) is 15.4. The van der Waals surface area contributed by atoms with Crippen molar-refractivity contribution in [3.8, 4) is 0 Å². The van der Waals surface area contributed by atoms with Gasteiger partial charge in [-0.15, -0.1) is 0 Å². The van der Waals surface area contributed by atoms with Gasteiger partial charge in [-0.25, -0.2) is 0 Å². The molecule has 10 heteroatoms. The second-order valence-electron chi connectivity index (χ2n) is 13.3. The largest absolute Gasteiger partial charge is 0.390 e. The normalized spacial score (nSPS) is 15.3. The van der Waals surface area contributed by atoms with Crippen LogP contribution in [-0.4, -0.2) is 56.0 Å². The second kappa shape index (κ2) is 19.9. The molecule has 266 valence electrons. The minimum Gasteiger partial charge on any atom is -0.390 e. The van der Waals surface area contributed by atoms with Gasteiger partial charge in [0, 0.05) is 12.4 Å². The Morgan fingerprint density at radius 1 is 0.580 bits per heavy atom. The fourth-order valence-corrected chi connectivity index (χ4v) is 5.88. The summed E-state index contributed by atoms with van der Waals surface area (Å²) in [5, 5.41) is 24.0. The third-order valence-electron chi connectivity index (χ3n) is 8.76. The quantitative estimate of drug-likeness (QED) is 0.0902. The summed E-state index contributed by atoms with van der Waals surface area (Å²) in [6.07, 6.45) is 0.457. The molecule has 0 saturated heterocycles. The van der Waals surface area contributed by atoms with Crippen LogP contribution in [0.5, 0.6) is 0 Å². The standard InChI is InChI=1S/C40H50N4O6/c1-27(2)35(43-49-25-31-19-11-13-21-41-31)37(45)33(23-29-15-7-5-8-16-29)39(47)40(48)34(24-30-17-9-6-10-18-30)38(46)36(28(3)4)44-50-26-32-20-12-14-22-42-32/h5-22,27-28,33-36,39-40,43-44,47-48H,23-26H2,1-4H3/t33-,34-,35+,36+,39+,40+/m1/s1. The van der Waals surface area contributed by atoms with Crippen molar-refractivity contribution in [3.63, 3.8) is 0 Å². The van der Waals surface area contributed by atoms with Gasteiger partial charge in [-0.1, -0.05) is 100 Å². The molecule has 0 aliphatic rings. The Morgan fingerprint density at radius 3 is 1.26 bits per heavy atom. The van der Waals surface area contributed by atoms with Gasteiger partial charge in [0.2, 0.25) is 0 Å². The van der Waals surface area contributed by atoms with E-state index in [0.717, 1.165) is 11.1 Å². The van der Waals surface area contributed by atoms with Crippen LogP contribution in [0.15, 0.2) is 109 Å². The van der Waals surface area contributed by atoms with Crippen molar-refractivity contribution >= 4 is 11.6 Å². The van der Waals surface area contributed by atoms with Gasteiger partial charge in [0.15, 0.2) is 11.6 Å². The number of hydroxylamine groups is 2. The first-order valence-corrected chi connectivity index (χ1v) is 17.2. The number of pyridine rings is 2. The summed E-state index contributed by atoms with van der Waals surface area (Å²) >= 11 is 0. The van der Waals surface area contributed by atoms with Gasteiger partial charge in [0.05, 0.1) is 47.5 Å². The number of aliphatic hydroxyl groups is 2. The van der Waals surface area contributed by atoms with Crippen LogP contribution in [-0.2, 0) is 45.3 Å². The number of nitrogens with one attached hydrogen (secondary N) is 2. The van der Waals surface area contributed by atoms with Crippen LogP contribution in [0.2, 0.25) is 0 Å². The SMILES string of the molecule is CC(C)[C@H](NOCc1ccccn1)C(=O)[C@@H](Cc1ccccc1)[C@H](O)[C@@H](O)[C@H](Cc1ccccc1)C(=O)[C@@H](NOCc1ccccn1)C(C)C. The Morgan fingerprint density at radius 2 is 0.940 bits per heavy atom. The summed E-state index contributed by atoms with van der Waals surface area (Å²) in [5.41, 5.74) is 8.81. The zero-order valence-electron chi connectivity index (χ0n) is 29.3. The Labute approximate surface area is 295 Å². The van der Waals surface area contributed by atoms with Gasteiger partial charge in [-0.2, -0.15) is 11.0 Å². The molecule has 2 heterocycles. The molecule has 6 atom stereocenters.